The van der Waals surface area contributed by atoms with E-state index in [1.807, 2.05) is 42.6 Å². The maximum absolute atomic E-state index is 13.5. The van der Waals surface area contributed by atoms with Gasteiger partial charge in [-0.15, -0.1) is 0 Å². The van der Waals surface area contributed by atoms with E-state index in [0.717, 1.165) is 18.5 Å². The Balaban J connectivity index is 1.53. The van der Waals surface area contributed by atoms with E-state index in [1.165, 1.54) is 11.8 Å². The van der Waals surface area contributed by atoms with Gasteiger partial charge in [0.15, 0.2) is 0 Å². The van der Waals surface area contributed by atoms with Gasteiger partial charge in [0.2, 0.25) is 10.0 Å². The molecule has 2 saturated heterocycles. The highest BCUT2D eigenvalue weighted by molar-refractivity contribution is 8.26. The third kappa shape index (κ3) is 6.08. The Hall–Kier alpha value is -2.83. The van der Waals surface area contributed by atoms with Crippen LogP contribution in [0, 0.1) is 5.92 Å². The minimum atomic E-state index is -3.65. The lowest BCUT2D eigenvalue weighted by molar-refractivity contribution is -0.122. The highest BCUT2D eigenvalue weighted by Crippen LogP contribution is 2.35. The molecule has 2 aromatic carbocycles. The topological polar surface area (TPSA) is 84.7 Å². The van der Waals surface area contributed by atoms with E-state index in [0.29, 0.717) is 64.6 Å². The third-order valence-electron chi connectivity index (χ3n) is 7.02. The number of carbonyl (C=O) groups excluding carboxylic acids is 1. The van der Waals surface area contributed by atoms with Crippen molar-refractivity contribution >= 4 is 50.3 Å². The van der Waals surface area contributed by atoms with Gasteiger partial charge in [-0.25, -0.2) is 13.1 Å². The van der Waals surface area contributed by atoms with E-state index in [4.69, 9.17) is 22.1 Å². The second-order valence-electron chi connectivity index (χ2n) is 10.0. The zero-order valence-corrected chi connectivity index (χ0v) is 25.0. The van der Waals surface area contributed by atoms with Crippen molar-refractivity contribution in [3.8, 4) is 16.9 Å². The van der Waals surface area contributed by atoms with Gasteiger partial charge in [0.25, 0.3) is 5.91 Å². The summed E-state index contributed by atoms with van der Waals surface area (Å²) in [6, 6.07) is 16.6. The highest BCUT2D eigenvalue weighted by Gasteiger charge is 2.32. The van der Waals surface area contributed by atoms with Crippen LogP contribution in [0.5, 0.6) is 0 Å². The molecule has 0 bridgehead atoms. The predicted molar refractivity (Wildman–Crippen MR) is 163 cm³/mol. The number of piperidine rings is 1. The summed E-state index contributed by atoms with van der Waals surface area (Å²) in [5.74, 6) is 0.174. The van der Waals surface area contributed by atoms with Crippen LogP contribution in [0.4, 0.5) is 0 Å². The molecule has 8 nitrogen and oxygen atoms in total. The summed E-state index contributed by atoms with van der Waals surface area (Å²) in [7, 11) is -2.02. The Morgan fingerprint density at radius 1 is 1.18 bits per heavy atom. The molecule has 1 amide bonds. The zero-order chi connectivity index (χ0) is 28.3. The molecule has 3 heterocycles. The number of aromatic nitrogens is 2. The predicted octanol–water partition coefficient (Wildman–Crippen LogP) is 5.20. The number of hydrogen-bond acceptors (Lipinski definition) is 7. The molecule has 2 fully saturated rings. The van der Waals surface area contributed by atoms with Crippen molar-refractivity contribution in [2.24, 2.45) is 5.92 Å². The average molecular weight is 597 g/mol. The number of thioether (sulfide) groups is 1. The van der Waals surface area contributed by atoms with Crippen LogP contribution >= 0.6 is 24.0 Å². The van der Waals surface area contributed by atoms with Gasteiger partial charge < -0.3 is 4.74 Å². The van der Waals surface area contributed by atoms with Crippen LogP contribution in [-0.4, -0.2) is 71.0 Å². The maximum Gasteiger partial charge on any atom is 0.266 e. The summed E-state index contributed by atoms with van der Waals surface area (Å²) in [5, 5.41) is 4.84. The van der Waals surface area contributed by atoms with Crippen molar-refractivity contribution in [1.29, 1.82) is 0 Å². The standard InChI is InChI=1S/C29H32N4O4S3/c1-21-9-7-14-31(19-21)40(35,36)25-13-6-10-22(17-25)27-23(20-33(30-27)24-11-4-3-5-12-24)18-26-28(34)32(29(38)39-26)15-8-16-37-2/h3-6,10-13,17-18,20-21H,7-9,14-16,19H2,1-2H3/b26-18-. The van der Waals surface area contributed by atoms with Crippen molar-refractivity contribution in [3.63, 3.8) is 0 Å². The Morgan fingerprint density at radius 2 is 1.98 bits per heavy atom. The van der Waals surface area contributed by atoms with Crippen molar-refractivity contribution in [1.82, 2.24) is 19.0 Å². The number of nitrogens with zero attached hydrogens (tertiary/aromatic N) is 4. The Bertz CT molecular complexity index is 1540. The molecule has 1 unspecified atom stereocenters. The van der Waals surface area contributed by atoms with Crippen LogP contribution in [0.2, 0.25) is 0 Å². The third-order valence-corrected chi connectivity index (χ3v) is 10.3. The molecule has 1 aromatic heterocycles. The number of methoxy groups -OCH3 is 1. The van der Waals surface area contributed by atoms with E-state index in [2.05, 4.69) is 6.92 Å². The minimum Gasteiger partial charge on any atom is -0.385 e. The molecule has 1 atom stereocenters. The number of rotatable bonds is 9. The molecule has 0 aliphatic carbocycles. The van der Waals surface area contributed by atoms with Crippen LogP contribution in [0.15, 0.2) is 70.6 Å². The highest BCUT2D eigenvalue weighted by atomic mass is 32.2. The summed E-state index contributed by atoms with van der Waals surface area (Å²) in [6.45, 7) is 4.16. The van der Waals surface area contributed by atoms with Gasteiger partial charge in [0.1, 0.15) is 10.0 Å². The SMILES string of the molecule is COCCCN1C(=O)/C(=C/c2cn(-c3ccccc3)nc2-c2cccc(S(=O)(=O)N3CCCC(C)C3)c2)SC1=S. The van der Waals surface area contributed by atoms with Gasteiger partial charge in [0, 0.05) is 50.7 Å². The normalized spacial score (nSPS) is 19.6. The first kappa shape index (κ1) is 28.7. The number of hydrogen-bond donors (Lipinski definition) is 0. The minimum absolute atomic E-state index is 0.153. The smallest absolute Gasteiger partial charge is 0.266 e. The first-order valence-corrected chi connectivity index (χ1v) is 15.9. The largest absolute Gasteiger partial charge is 0.385 e. The number of carbonyl (C=O) groups is 1. The second kappa shape index (κ2) is 12.4. The van der Waals surface area contributed by atoms with Gasteiger partial charge in [-0.3, -0.25) is 9.69 Å². The number of amides is 1. The van der Waals surface area contributed by atoms with Crippen LogP contribution in [0.3, 0.4) is 0 Å². The van der Waals surface area contributed by atoms with E-state index in [9.17, 15) is 13.2 Å². The number of para-hydroxylation sites is 1. The van der Waals surface area contributed by atoms with Crippen LogP contribution in [0.1, 0.15) is 31.7 Å². The fourth-order valence-corrected chi connectivity index (χ4v) is 7.89. The van der Waals surface area contributed by atoms with E-state index < -0.39 is 10.0 Å². The maximum atomic E-state index is 13.5. The van der Waals surface area contributed by atoms with Crippen LogP contribution < -0.4 is 0 Å². The lowest BCUT2D eigenvalue weighted by Crippen LogP contribution is -2.39. The van der Waals surface area contributed by atoms with Crippen LogP contribution in [0.25, 0.3) is 23.0 Å². The Kier molecular flexibility index (Phi) is 8.86. The van der Waals surface area contributed by atoms with Crippen molar-refractivity contribution in [2.75, 3.05) is 33.4 Å². The molecule has 0 saturated carbocycles. The van der Waals surface area contributed by atoms with E-state index in [-0.39, 0.29) is 10.8 Å². The lowest BCUT2D eigenvalue weighted by Gasteiger charge is -2.30. The van der Waals surface area contributed by atoms with Crippen molar-refractivity contribution in [3.05, 3.63) is 71.3 Å². The first-order valence-electron chi connectivity index (χ1n) is 13.3. The molecule has 40 heavy (non-hydrogen) atoms. The number of benzene rings is 2. The van der Waals surface area contributed by atoms with E-state index in [1.54, 1.807) is 45.3 Å². The van der Waals surface area contributed by atoms with Gasteiger partial charge in [-0.05, 0) is 55.5 Å². The number of ether oxygens (including phenoxy) is 1. The van der Waals surface area contributed by atoms with Gasteiger partial charge in [0.05, 0.1) is 15.5 Å². The first-order chi connectivity index (χ1) is 19.3. The van der Waals surface area contributed by atoms with Gasteiger partial charge >= 0.3 is 0 Å². The molecular weight excluding hydrogens is 565 g/mol. The fourth-order valence-electron chi connectivity index (χ4n) is 4.95. The van der Waals surface area contributed by atoms with Gasteiger partial charge in [-0.1, -0.05) is 61.2 Å². The molecular formula is C29H32N4O4S3. The second-order valence-corrected chi connectivity index (χ2v) is 13.6. The molecule has 3 aromatic rings. The van der Waals surface area contributed by atoms with Crippen LogP contribution in [-0.2, 0) is 19.6 Å². The summed E-state index contributed by atoms with van der Waals surface area (Å²) in [5.41, 5.74) is 2.78. The lowest BCUT2D eigenvalue weighted by atomic mass is 10.0. The molecule has 2 aliphatic heterocycles. The molecule has 0 N–H and O–H groups in total. The number of thiocarbonyl (C=S) groups is 1. The fraction of sp³-hybridized carbons (Fsp3) is 0.345. The molecule has 2 aliphatic rings. The number of sulfonamides is 1. The molecule has 5 rings (SSSR count). The van der Waals surface area contributed by atoms with Crippen molar-refractivity contribution in [2.45, 2.75) is 31.1 Å². The molecule has 0 spiro atoms. The summed E-state index contributed by atoms with van der Waals surface area (Å²) >= 11 is 6.75. The molecule has 210 valence electrons. The zero-order valence-electron chi connectivity index (χ0n) is 22.5. The van der Waals surface area contributed by atoms with Gasteiger partial charge in [-0.2, -0.15) is 9.40 Å². The Labute approximate surface area is 245 Å². The molecule has 11 heteroatoms. The quantitative estimate of drug-likeness (QED) is 0.191. The summed E-state index contributed by atoms with van der Waals surface area (Å²) < 4.78 is 36.0. The molecule has 0 radical (unpaired) electrons. The monoisotopic (exact) mass is 596 g/mol. The Morgan fingerprint density at radius 3 is 2.73 bits per heavy atom. The van der Waals surface area contributed by atoms with Crippen molar-refractivity contribution < 1.29 is 17.9 Å². The van der Waals surface area contributed by atoms with E-state index >= 15 is 0 Å². The summed E-state index contributed by atoms with van der Waals surface area (Å²) in [6.07, 6.45) is 6.23. The summed E-state index contributed by atoms with van der Waals surface area (Å²) in [4.78, 5) is 15.6. The average Bonchev–Trinajstić information content (AvgIpc) is 3.50.